The van der Waals surface area contributed by atoms with Crippen LogP contribution in [0.25, 0.3) is 33.6 Å². The van der Waals surface area contributed by atoms with Gasteiger partial charge in [0.2, 0.25) is 5.91 Å². The number of carbonyl (C=O) groups is 1. The van der Waals surface area contributed by atoms with Gasteiger partial charge in [-0.05, 0) is 35.4 Å². The molecule has 0 saturated heterocycles. The number of carbonyl (C=O) groups excluding carboxylic acids is 1. The average Bonchev–Trinajstić information content (AvgIpc) is 3.43. The third-order valence-corrected chi connectivity index (χ3v) is 6.08. The smallest absolute Gasteiger partial charge is 0.234 e. The van der Waals surface area contributed by atoms with Crippen LogP contribution in [0.2, 0.25) is 0 Å². The Hall–Kier alpha value is -4.23. The Kier molecular flexibility index (Phi) is 6.45. The van der Waals surface area contributed by atoms with Crippen LogP contribution in [-0.2, 0) is 4.79 Å². The Balaban J connectivity index is 1.39. The molecule has 1 amide bonds. The summed E-state index contributed by atoms with van der Waals surface area (Å²) < 4.78 is 0. The van der Waals surface area contributed by atoms with Crippen molar-refractivity contribution in [2.75, 3.05) is 11.1 Å². The summed E-state index contributed by atoms with van der Waals surface area (Å²) in [6.45, 7) is 0. The Labute approximate surface area is 201 Å². The van der Waals surface area contributed by atoms with Gasteiger partial charge < -0.3 is 10.3 Å². The monoisotopic (exact) mass is 463 g/mol. The van der Waals surface area contributed by atoms with Gasteiger partial charge in [-0.25, -0.2) is 4.98 Å². The van der Waals surface area contributed by atoms with Crippen LogP contribution >= 0.6 is 11.8 Å². The number of rotatable bonds is 7. The maximum Gasteiger partial charge on any atom is 0.234 e. The third kappa shape index (κ3) is 5.22. The van der Waals surface area contributed by atoms with E-state index in [0.717, 1.165) is 39.3 Å². The molecule has 0 aliphatic rings. The van der Waals surface area contributed by atoms with E-state index in [4.69, 9.17) is 4.98 Å². The van der Waals surface area contributed by atoms with E-state index in [9.17, 15) is 4.79 Å². The third-order valence-electron chi connectivity index (χ3n) is 5.20. The first-order valence-corrected chi connectivity index (χ1v) is 11.8. The molecule has 166 valence electrons. The highest BCUT2D eigenvalue weighted by atomic mass is 32.2. The van der Waals surface area contributed by atoms with Crippen molar-refractivity contribution in [1.29, 1.82) is 0 Å². The van der Waals surface area contributed by atoms with Gasteiger partial charge in [0.05, 0.1) is 17.1 Å². The Morgan fingerprint density at radius 1 is 0.765 bits per heavy atom. The molecule has 2 N–H and O–H groups in total. The van der Waals surface area contributed by atoms with Gasteiger partial charge in [0, 0.05) is 16.8 Å². The minimum absolute atomic E-state index is 0.101. The number of aromatic nitrogens is 4. The fourth-order valence-electron chi connectivity index (χ4n) is 3.55. The average molecular weight is 464 g/mol. The first-order valence-electron chi connectivity index (χ1n) is 10.8. The van der Waals surface area contributed by atoms with Crippen LogP contribution in [0.5, 0.6) is 0 Å². The second-order valence-corrected chi connectivity index (χ2v) is 8.53. The lowest BCUT2D eigenvalue weighted by Gasteiger charge is -2.11. The van der Waals surface area contributed by atoms with Gasteiger partial charge in [0.25, 0.3) is 0 Å². The summed E-state index contributed by atoms with van der Waals surface area (Å²) in [5.74, 6) is 0.151. The van der Waals surface area contributed by atoms with E-state index in [-0.39, 0.29) is 11.7 Å². The van der Waals surface area contributed by atoms with Crippen molar-refractivity contribution in [2.45, 2.75) is 5.16 Å². The van der Waals surface area contributed by atoms with Crippen LogP contribution in [-0.4, -0.2) is 31.8 Å². The highest BCUT2D eigenvalue weighted by molar-refractivity contribution is 7.99. The maximum atomic E-state index is 12.3. The largest absolute Gasteiger partial charge is 0.325 e. The molecule has 6 nitrogen and oxygen atoms in total. The second kappa shape index (κ2) is 10.1. The van der Waals surface area contributed by atoms with Crippen LogP contribution < -0.4 is 5.32 Å². The zero-order valence-corrected chi connectivity index (χ0v) is 19.0. The summed E-state index contributed by atoms with van der Waals surface area (Å²) in [7, 11) is 0. The van der Waals surface area contributed by atoms with Gasteiger partial charge in [0.1, 0.15) is 6.33 Å². The first kappa shape index (κ1) is 21.6. The number of amides is 1. The number of H-pyrrole nitrogens is 1. The SMILES string of the molecule is O=C(CSc1nnc[nH]1)Nc1ccc(-c2cc(-c3ccccc3)nc(-c3ccccc3)c2)cc1. The number of anilines is 1. The summed E-state index contributed by atoms with van der Waals surface area (Å²) in [6.07, 6.45) is 1.49. The fraction of sp³-hybridized carbons (Fsp3) is 0.0370. The first-order chi connectivity index (χ1) is 16.7. The van der Waals surface area contributed by atoms with Crippen molar-refractivity contribution in [3.8, 4) is 33.6 Å². The number of thioether (sulfide) groups is 1. The van der Waals surface area contributed by atoms with Crippen molar-refractivity contribution in [1.82, 2.24) is 20.2 Å². The predicted molar refractivity (Wildman–Crippen MR) is 136 cm³/mol. The second-order valence-electron chi connectivity index (χ2n) is 7.57. The van der Waals surface area contributed by atoms with Gasteiger partial charge in [-0.1, -0.05) is 84.6 Å². The van der Waals surface area contributed by atoms with Gasteiger partial charge >= 0.3 is 0 Å². The van der Waals surface area contributed by atoms with E-state index in [1.807, 2.05) is 60.7 Å². The van der Waals surface area contributed by atoms with Crippen LogP contribution in [0.4, 0.5) is 5.69 Å². The van der Waals surface area contributed by atoms with Gasteiger partial charge in [-0.2, -0.15) is 0 Å². The van der Waals surface area contributed by atoms with Gasteiger partial charge in [-0.15, -0.1) is 10.2 Å². The number of hydrogen-bond acceptors (Lipinski definition) is 5. The standard InChI is InChI=1S/C27H21N5OS/c33-26(17-34-27-28-18-29-32-27)30-23-13-11-19(12-14-23)22-15-24(20-7-3-1-4-8-20)31-25(16-22)21-9-5-2-6-10-21/h1-16,18H,17H2,(H,30,33)(H,28,29,32). The van der Waals surface area contributed by atoms with Crippen molar-refractivity contribution >= 4 is 23.4 Å². The summed E-state index contributed by atoms with van der Waals surface area (Å²) in [5, 5.41) is 11.1. The summed E-state index contributed by atoms with van der Waals surface area (Å²) >= 11 is 1.31. The number of aromatic amines is 1. The van der Waals surface area contributed by atoms with Crippen molar-refractivity contribution in [2.24, 2.45) is 0 Å². The molecule has 0 aliphatic carbocycles. The van der Waals surface area contributed by atoms with E-state index < -0.39 is 0 Å². The maximum absolute atomic E-state index is 12.3. The molecule has 5 rings (SSSR count). The van der Waals surface area contributed by atoms with Crippen LogP contribution in [0.3, 0.4) is 0 Å². The van der Waals surface area contributed by atoms with Crippen LogP contribution in [0.1, 0.15) is 0 Å². The molecule has 0 atom stereocenters. The summed E-state index contributed by atoms with van der Waals surface area (Å²) in [5.41, 5.74) is 6.81. The Morgan fingerprint density at radius 3 is 1.94 bits per heavy atom. The van der Waals surface area contributed by atoms with E-state index >= 15 is 0 Å². The molecule has 34 heavy (non-hydrogen) atoms. The predicted octanol–water partition coefficient (Wildman–Crippen LogP) is 5.93. The molecule has 0 aliphatic heterocycles. The van der Waals surface area contributed by atoms with Gasteiger partial charge in [0.15, 0.2) is 5.16 Å². The molecule has 7 heteroatoms. The Morgan fingerprint density at radius 2 is 1.38 bits per heavy atom. The topological polar surface area (TPSA) is 83.6 Å². The van der Waals surface area contributed by atoms with E-state index in [2.05, 4.69) is 56.9 Å². The lowest BCUT2D eigenvalue weighted by atomic mass is 10.00. The number of nitrogens with one attached hydrogen (secondary N) is 2. The Bertz CT molecular complexity index is 1310. The zero-order chi connectivity index (χ0) is 23.2. The molecule has 5 aromatic rings. The molecule has 0 bridgehead atoms. The zero-order valence-electron chi connectivity index (χ0n) is 18.2. The summed E-state index contributed by atoms with van der Waals surface area (Å²) in [4.78, 5) is 20.1. The molecule has 0 unspecified atom stereocenters. The van der Waals surface area contributed by atoms with Crippen LogP contribution in [0.15, 0.2) is 109 Å². The van der Waals surface area contributed by atoms with Crippen molar-refractivity contribution in [3.63, 3.8) is 0 Å². The highest BCUT2D eigenvalue weighted by Crippen LogP contribution is 2.30. The quantitative estimate of drug-likeness (QED) is 0.292. The molecule has 2 heterocycles. The molecule has 0 radical (unpaired) electrons. The number of benzene rings is 3. The van der Waals surface area contributed by atoms with E-state index in [0.29, 0.717) is 5.16 Å². The van der Waals surface area contributed by atoms with Gasteiger partial charge in [-0.3, -0.25) is 4.79 Å². The minimum Gasteiger partial charge on any atom is -0.325 e. The number of nitrogens with zero attached hydrogens (tertiary/aromatic N) is 3. The molecule has 0 saturated carbocycles. The molecule has 2 aromatic heterocycles. The molecule has 3 aromatic carbocycles. The van der Waals surface area contributed by atoms with Crippen LogP contribution in [0, 0.1) is 0 Å². The number of pyridine rings is 1. The molecule has 0 fully saturated rings. The number of hydrogen-bond donors (Lipinski definition) is 2. The normalized spacial score (nSPS) is 10.7. The van der Waals surface area contributed by atoms with E-state index in [1.165, 1.54) is 18.1 Å². The minimum atomic E-state index is -0.101. The molecule has 0 spiro atoms. The van der Waals surface area contributed by atoms with Crippen molar-refractivity contribution in [3.05, 3.63) is 103 Å². The van der Waals surface area contributed by atoms with Crippen molar-refractivity contribution < 1.29 is 4.79 Å². The lowest BCUT2D eigenvalue weighted by molar-refractivity contribution is -0.113. The molecular formula is C27H21N5OS. The highest BCUT2D eigenvalue weighted by Gasteiger charge is 2.10. The fourth-order valence-corrected chi connectivity index (χ4v) is 4.13. The van der Waals surface area contributed by atoms with E-state index in [1.54, 1.807) is 0 Å². The molecular weight excluding hydrogens is 442 g/mol. The summed E-state index contributed by atoms with van der Waals surface area (Å²) in [6, 6.07) is 32.4. The lowest BCUT2D eigenvalue weighted by Crippen LogP contribution is -2.14.